The third-order valence-corrected chi connectivity index (χ3v) is 7.17. The van der Waals surface area contributed by atoms with Crippen molar-refractivity contribution in [3.05, 3.63) is 29.3 Å². The monoisotopic (exact) mass is 397 g/mol. The summed E-state index contributed by atoms with van der Waals surface area (Å²) in [4.78, 5) is 3.24. The van der Waals surface area contributed by atoms with Crippen LogP contribution in [-0.2, 0) is 21.2 Å². The van der Waals surface area contributed by atoms with Crippen LogP contribution in [0.3, 0.4) is 0 Å². The highest BCUT2D eigenvalue weighted by molar-refractivity contribution is 7.91. The lowest BCUT2D eigenvalue weighted by atomic mass is 10.3. The van der Waals surface area contributed by atoms with Crippen molar-refractivity contribution in [3.63, 3.8) is 0 Å². The van der Waals surface area contributed by atoms with E-state index in [0.717, 1.165) is 30.1 Å². The number of hydrogen-bond acceptors (Lipinski definition) is 8. The van der Waals surface area contributed by atoms with Gasteiger partial charge in [-0.1, -0.05) is 6.92 Å². The largest absolute Gasteiger partial charge is 0.378 e. The van der Waals surface area contributed by atoms with Crippen molar-refractivity contribution in [2.75, 3.05) is 49.6 Å². The van der Waals surface area contributed by atoms with E-state index in [4.69, 9.17) is 4.74 Å². The van der Waals surface area contributed by atoms with Gasteiger partial charge in [-0.15, -0.1) is 16.4 Å². The average Bonchev–Trinajstić information content (AvgIpc) is 3.17. The number of aromatic nitrogens is 2. The number of morpholine rings is 1. The van der Waals surface area contributed by atoms with Gasteiger partial charge in [0.05, 0.1) is 25.1 Å². The van der Waals surface area contributed by atoms with Gasteiger partial charge in [0, 0.05) is 37.1 Å². The highest BCUT2D eigenvalue weighted by atomic mass is 32.2. The van der Waals surface area contributed by atoms with Gasteiger partial charge < -0.3 is 15.0 Å². The Labute approximate surface area is 157 Å². The van der Waals surface area contributed by atoms with Crippen molar-refractivity contribution in [2.45, 2.75) is 17.6 Å². The summed E-state index contributed by atoms with van der Waals surface area (Å²) in [5.41, 5.74) is 0.983. The number of sulfonamides is 1. The van der Waals surface area contributed by atoms with E-state index in [1.807, 2.05) is 19.1 Å². The van der Waals surface area contributed by atoms with E-state index < -0.39 is 10.0 Å². The van der Waals surface area contributed by atoms with E-state index in [2.05, 4.69) is 25.1 Å². The van der Waals surface area contributed by atoms with Crippen LogP contribution in [0.15, 0.2) is 28.6 Å². The molecule has 0 atom stereocenters. The molecule has 0 radical (unpaired) electrons. The molecule has 0 aromatic carbocycles. The van der Waals surface area contributed by atoms with Gasteiger partial charge in [0.1, 0.15) is 4.21 Å². The van der Waals surface area contributed by atoms with Gasteiger partial charge in [-0.2, -0.15) is 5.10 Å². The zero-order valence-electron chi connectivity index (χ0n) is 14.6. The Bertz CT molecular complexity index is 819. The van der Waals surface area contributed by atoms with Gasteiger partial charge in [0.2, 0.25) is 10.0 Å². The number of aryl methyl sites for hydroxylation is 1. The van der Waals surface area contributed by atoms with Gasteiger partial charge in [-0.25, -0.2) is 13.1 Å². The lowest BCUT2D eigenvalue weighted by Gasteiger charge is -2.28. The molecule has 26 heavy (non-hydrogen) atoms. The summed E-state index contributed by atoms with van der Waals surface area (Å²) in [6, 6.07) is 5.42. The molecule has 0 bridgehead atoms. The van der Waals surface area contributed by atoms with Crippen molar-refractivity contribution < 1.29 is 13.2 Å². The number of nitrogens with zero attached hydrogens (tertiary/aromatic N) is 3. The first-order chi connectivity index (χ1) is 12.6. The topological polar surface area (TPSA) is 96.5 Å². The summed E-state index contributed by atoms with van der Waals surface area (Å²) in [6.45, 7) is 5.75. The molecule has 10 heteroatoms. The van der Waals surface area contributed by atoms with Crippen molar-refractivity contribution in [3.8, 4) is 0 Å². The molecule has 3 heterocycles. The van der Waals surface area contributed by atoms with Crippen molar-refractivity contribution in [1.29, 1.82) is 0 Å². The van der Waals surface area contributed by atoms with E-state index >= 15 is 0 Å². The lowest BCUT2D eigenvalue weighted by molar-refractivity contribution is 0.122. The van der Waals surface area contributed by atoms with Gasteiger partial charge in [-0.05, 0) is 18.6 Å². The fraction of sp³-hybridized carbons (Fsp3) is 0.500. The molecule has 3 rings (SSSR count). The smallest absolute Gasteiger partial charge is 0.250 e. The summed E-state index contributed by atoms with van der Waals surface area (Å²) in [5.74, 6) is 0.623. The third-order valence-electron chi connectivity index (χ3n) is 3.99. The molecule has 142 valence electrons. The van der Waals surface area contributed by atoms with Crippen LogP contribution in [0.4, 0.5) is 11.5 Å². The average molecular weight is 398 g/mol. The zero-order valence-corrected chi connectivity index (χ0v) is 16.3. The van der Waals surface area contributed by atoms with Gasteiger partial charge >= 0.3 is 0 Å². The molecule has 1 saturated heterocycles. The number of ether oxygens (including phenoxy) is 1. The zero-order chi connectivity index (χ0) is 18.4. The first kappa shape index (κ1) is 19.0. The van der Waals surface area contributed by atoms with Crippen LogP contribution in [-0.4, -0.2) is 58.0 Å². The molecule has 2 aromatic heterocycles. The minimum absolute atomic E-state index is 0.269. The second-order valence-corrected chi connectivity index (χ2v) is 8.96. The highest BCUT2D eigenvalue weighted by Crippen LogP contribution is 2.21. The van der Waals surface area contributed by atoms with Crippen molar-refractivity contribution in [2.24, 2.45) is 0 Å². The highest BCUT2D eigenvalue weighted by Gasteiger charge is 2.16. The number of thiophene rings is 1. The Morgan fingerprint density at radius 1 is 1.27 bits per heavy atom. The second-order valence-electron chi connectivity index (χ2n) is 5.80. The number of anilines is 2. The summed E-state index contributed by atoms with van der Waals surface area (Å²) >= 11 is 1.30. The third kappa shape index (κ3) is 4.91. The fourth-order valence-corrected chi connectivity index (χ4v) is 4.95. The predicted octanol–water partition coefficient (Wildman–Crippen LogP) is 1.33. The van der Waals surface area contributed by atoms with Gasteiger partial charge in [0.25, 0.3) is 0 Å². The first-order valence-electron chi connectivity index (χ1n) is 8.56. The Morgan fingerprint density at radius 3 is 2.81 bits per heavy atom. The molecule has 2 N–H and O–H groups in total. The van der Waals surface area contributed by atoms with Crippen molar-refractivity contribution >= 4 is 32.9 Å². The number of nitrogens with one attached hydrogen (secondary N) is 2. The first-order valence-corrected chi connectivity index (χ1v) is 10.9. The maximum absolute atomic E-state index is 12.3. The van der Waals surface area contributed by atoms with Crippen LogP contribution in [0.25, 0.3) is 0 Å². The molecular weight excluding hydrogens is 374 g/mol. The van der Waals surface area contributed by atoms with Crippen LogP contribution in [0, 0.1) is 0 Å². The molecular formula is C16H23N5O3S2. The Hall–Kier alpha value is -1.75. The quantitative estimate of drug-likeness (QED) is 0.649. The van der Waals surface area contributed by atoms with Crippen LogP contribution < -0.4 is 14.9 Å². The molecule has 0 unspecified atom stereocenters. The summed E-state index contributed by atoms with van der Waals surface area (Å²) in [6.07, 6.45) is 2.56. The molecule has 1 aliphatic rings. The van der Waals surface area contributed by atoms with Crippen LogP contribution >= 0.6 is 11.3 Å². The predicted molar refractivity (Wildman–Crippen MR) is 102 cm³/mol. The lowest BCUT2D eigenvalue weighted by Crippen LogP contribution is -2.36. The molecule has 1 fully saturated rings. The maximum Gasteiger partial charge on any atom is 0.250 e. The molecule has 8 nitrogen and oxygen atoms in total. The van der Waals surface area contributed by atoms with E-state index in [0.29, 0.717) is 29.8 Å². The summed E-state index contributed by atoms with van der Waals surface area (Å²) in [5, 5.41) is 11.2. The molecule has 2 aromatic rings. The molecule has 0 amide bonds. The van der Waals surface area contributed by atoms with Crippen LogP contribution in [0.2, 0.25) is 0 Å². The maximum atomic E-state index is 12.3. The molecule has 0 aliphatic carbocycles. The summed E-state index contributed by atoms with van der Waals surface area (Å²) in [7, 11) is -3.46. The molecule has 1 aliphatic heterocycles. The van der Waals surface area contributed by atoms with Gasteiger partial charge in [0.15, 0.2) is 5.82 Å². The van der Waals surface area contributed by atoms with Gasteiger partial charge in [-0.3, -0.25) is 0 Å². The Balaban J connectivity index is 1.50. The minimum atomic E-state index is -3.46. The van der Waals surface area contributed by atoms with Crippen molar-refractivity contribution in [1.82, 2.24) is 14.9 Å². The van der Waals surface area contributed by atoms with E-state index in [1.54, 1.807) is 12.3 Å². The fourth-order valence-electron chi connectivity index (χ4n) is 2.58. The molecule has 0 spiro atoms. The van der Waals surface area contributed by atoms with E-state index in [9.17, 15) is 8.42 Å². The standard InChI is InChI=1S/C16H23N5O3S2/c1-2-14-3-4-16(25-14)26(22,23)19-6-5-17-15-11-13(12-18-20-15)21-7-9-24-10-8-21/h3-4,11-12,19H,2,5-10H2,1H3,(H,17,20). The SMILES string of the molecule is CCc1ccc(S(=O)(=O)NCCNc2cc(N3CCOCC3)cnn2)s1. The minimum Gasteiger partial charge on any atom is -0.378 e. The number of rotatable bonds is 8. The second kappa shape index (κ2) is 8.76. The Kier molecular flexibility index (Phi) is 6.41. The normalized spacial score (nSPS) is 15.2. The van der Waals surface area contributed by atoms with E-state index in [1.165, 1.54) is 11.3 Å². The van der Waals surface area contributed by atoms with Crippen LogP contribution in [0.1, 0.15) is 11.8 Å². The van der Waals surface area contributed by atoms with Crippen LogP contribution in [0.5, 0.6) is 0 Å². The Morgan fingerprint density at radius 2 is 2.08 bits per heavy atom. The number of hydrogen-bond donors (Lipinski definition) is 2. The molecule has 0 saturated carbocycles. The van der Waals surface area contributed by atoms with E-state index in [-0.39, 0.29) is 6.54 Å². The summed E-state index contributed by atoms with van der Waals surface area (Å²) < 4.78 is 32.8.